The SMILES string of the molecule is CC(=O)c1cccc(NC(=O)c2ccnc(Nc3cccc4cccnc34)c2)c1. The number of rotatable bonds is 5. The second-order valence-corrected chi connectivity index (χ2v) is 6.53. The van der Waals surface area contributed by atoms with Gasteiger partial charge in [-0.1, -0.05) is 30.3 Å². The lowest BCUT2D eigenvalue weighted by atomic mass is 10.1. The van der Waals surface area contributed by atoms with E-state index in [-0.39, 0.29) is 11.7 Å². The molecule has 2 heterocycles. The standard InChI is InChI=1S/C23H18N4O2/c1-15(28)17-6-2-8-19(13-17)26-23(29)18-10-12-24-21(14-18)27-20-9-3-5-16-7-4-11-25-22(16)20/h2-14H,1H3,(H,24,27)(H,26,29). The van der Waals surface area contributed by atoms with Gasteiger partial charge in [-0.15, -0.1) is 0 Å². The average molecular weight is 382 g/mol. The Morgan fingerprint density at radius 3 is 2.52 bits per heavy atom. The zero-order valence-corrected chi connectivity index (χ0v) is 15.7. The summed E-state index contributed by atoms with van der Waals surface area (Å²) in [6.07, 6.45) is 3.31. The van der Waals surface area contributed by atoms with Crippen LogP contribution in [0.5, 0.6) is 0 Å². The normalized spacial score (nSPS) is 10.5. The first-order chi connectivity index (χ1) is 14.1. The molecule has 4 aromatic rings. The van der Waals surface area contributed by atoms with Crippen LogP contribution in [-0.2, 0) is 0 Å². The first-order valence-electron chi connectivity index (χ1n) is 9.09. The maximum Gasteiger partial charge on any atom is 0.255 e. The van der Waals surface area contributed by atoms with E-state index in [0.29, 0.717) is 22.6 Å². The molecule has 0 radical (unpaired) electrons. The predicted molar refractivity (Wildman–Crippen MR) is 114 cm³/mol. The van der Waals surface area contributed by atoms with Gasteiger partial charge in [0, 0.05) is 34.6 Å². The number of hydrogen-bond acceptors (Lipinski definition) is 5. The number of amides is 1. The van der Waals surface area contributed by atoms with Crippen LogP contribution in [0.4, 0.5) is 17.2 Å². The minimum Gasteiger partial charge on any atom is -0.338 e. The Labute approximate surface area is 167 Å². The third kappa shape index (κ3) is 4.11. The number of anilines is 3. The Hall–Kier alpha value is -4.06. The van der Waals surface area contributed by atoms with E-state index in [9.17, 15) is 9.59 Å². The van der Waals surface area contributed by atoms with E-state index in [0.717, 1.165) is 16.6 Å². The zero-order valence-electron chi connectivity index (χ0n) is 15.7. The van der Waals surface area contributed by atoms with Crippen molar-refractivity contribution in [3.63, 3.8) is 0 Å². The number of nitrogens with zero attached hydrogens (tertiary/aromatic N) is 2. The lowest BCUT2D eigenvalue weighted by Gasteiger charge is -2.10. The molecule has 0 bridgehead atoms. The van der Waals surface area contributed by atoms with E-state index < -0.39 is 0 Å². The van der Waals surface area contributed by atoms with Crippen molar-refractivity contribution in [2.75, 3.05) is 10.6 Å². The Morgan fingerprint density at radius 2 is 1.66 bits per heavy atom. The number of para-hydroxylation sites is 1. The van der Waals surface area contributed by atoms with Gasteiger partial charge in [0.25, 0.3) is 5.91 Å². The van der Waals surface area contributed by atoms with Crippen molar-refractivity contribution in [3.8, 4) is 0 Å². The van der Waals surface area contributed by atoms with Crippen molar-refractivity contribution in [1.29, 1.82) is 0 Å². The van der Waals surface area contributed by atoms with Crippen molar-refractivity contribution in [3.05, 3.63) is 90.3 Å². The van der Waals surface area contributed by atoms with Crippen LogP contribution in [0.15, 0.2) is 79.1 Å². The summed E-state index contributed by atoms with van der Waals surface area (Å²) in [7, 11) is 0. The lowest BCUT2D eigenvalue weighted by Crippen LogP contribution is -2.12. The largest absolute Gasteiger partial charge is 0.338 e. The Kier molecular flexibility index (Phi) is 4.99. The maximum absolute atomic E-state index is 12.6. The highest BCUT2D eigenvalue weighted by atomic mass is 16.1. The van der Waals surface area contributed by atoms with Crippen LogP contribution in [0.1, 0.15) is 27.6 Å². The van der Waals surface area contributed by atoms with E-state index in [4.69, 9.17) is 0 Å². The molecule has 2 N–H and O–H groups in total. The number of carbonyl (C=O) groups excluding carboxylic acids is 2. The van der Waals surface area contributed by atoms with Gasteiger partial charge < -0.3 is 10.6 Å². The van der Waals surface area contributed by atoms with Crippen LogP contribution in [0.25, 0.3) is 10.9 Å². The topological polar surface area (TPSA) is 84.0 Å². The fourth-order valence-electron chi connectivity index (χ4n) is 3.00. The van der Waals surface area contributed by atoms with Crippen LogP contribution in [-0.4, -0.2) is 21.7 Å². The minimum atomic E-state index is -0.285. The van der Waals surface area contributed by atoms with Gasteiger partial charge in [0.1, 0.15) is 5.82 Å². The number of nitrogens with one attached hydrogen (secondary N) is 2. The number of fused-ring (bicyclic) bond motifs is 1. The van der Waals surface area contributed by atoms with Crippen LogP contribution >= 0.6 is 0 Å². The second kappa shape index (κ2) is 7.90. The Bertz CT molecular complexity index is 1210. The molecule has 2 aromatic carbocycles. The van der Waals surface area contributed by atoms with Crippen molar-refractivity contribution in [2.45, 2.75) is 6.92 Å². The first kappa shape index (κ1) is 18.3. The average Bonchev–Trinajstić information content (AvgIpc) is 2.74. The highest BCUT2D eigenvalue weighted by Crippen LogP contribution is 2.24. The Balaban J connectivity index is 1.56. The predicted octanol–water partition coefficient (Wildman–Crippen LogP) is 4.83. The van der Waals surface area contributed by atoms with Gasteiger partial charge in [-0.25, -0.2) is 4.98 Å². The lowest BCUT2D eigenvalue weighted by molar-refractivity contribution is 0.101. The molecule has 0 aliphatic carbocycles. The monoisotopic (exact) mass is 382 g/mol. The van der Waals surface area contributed by atoms with E-state index in [1.807, 2.05) is 30.3 Å². The van der Waals surface area contributed by atoms with Crippen LogP contribution in [0, 0.1) is 0 Å². The summed E-state index contributed by atoms with van der Waals surface area (Å²) in [6.45, 7) is 1.49. The van der Waals surface area contributed by atoms with Gasteiger partial charge in [-0.3, -0.25) is 14.6 Å². The molecular formula is C23H18N4O2. The number of hydrogen-bond donors (Lipinski definition) is 2. The molecular weight excluding hydrogens is 364 g/mol. The summed E-state index contributed by atoms with van der Waals surface area (Å²) >= 11 is 0. The summed E-state index contributed by atoms with van der Waals surface area (Å²) in [5, 5.41) is 7.06. The third-order valence-corrected chi connectivity index (χ3v) is 4.44. The molecule has 4 rings (SSSR count). The van der Waals surface area contributed by atoms with Crippen molar-refractivity contribution >= 4 is 39.8 Å². The van der Waals surface area contributed by atoms with Gasteiger partial charge >= 0.3 is 0 Å². The van der Waals surface area contributed by atoms with Crippen molar-refractivity contribution in [1.82, 2.24) is 9.97 Å². The number of pyridine rings is 2. The third-order valence-electron chi connectivity index (χ3n) is 4.44. The summed E-state index contributed by atoms with van der Waals surface area (Å²) in [6, 6.07) is 19.9. The number of Topliss-reactive ketones (excluding diaryl/α,β-unsaturated/α-hetero) is 1. The number of carbonyl (C=O) groups is 2. The molecule has 142 valence electrons. The van der Waals surface area contributed by atoms with E-state index in [1.165, 1.54) is 6.92 Å². The summed E-state index contributed by atoms with van der Waals surface area (Å²) in [5.74, 6) is 0.195. The summed E-state index contributed by atoms with van der Waals surface area (Å²) in [4.78, 5) is 32.9. The highest BCUT2D eigenvalue weighted by Gasteiger charge is 2.10. The van der Waals surface area contributed by atoms with Crippen molar-refractivity contribution in [2.24, 2.45) is 0 Å². The minimum absolute atomic E-state index is 0.0554. The van der Waals surface area contributed by atoms with E-state index in [2.05, 4.69) is 20.6 Å². The smallest absolute Gasteiger partial charge is 0.255 e. The fraction of sp³-hybridized carbons (Fsp3) is 0.0435. The molecule has 0 spiro atoms. The van der Waals surface area contributed by atoms with E-state index >= 15 is 0 Å². The van der Waals surface area contributed by atoms with Crippen molar-refractivity contribution < 1.29 is 9.59 Å². The molecule has 0 aliphatic heterocycles. The molecule has 2 aromatic heterocycles. The second-order valence-electron chi connectivity index (χ2n) is 6.53. The molecule has 0 fully saturated rings. The van der Waals surface area contributed by atoms with Crippen LogP contribution < -0.4 is 10.6 Å². The molecule has 0 unspecified atom stereocenters. The molecule has 29 heavy (non-hydrogen) atoms. The van der Waals surface area contributed by atoms with Gasteiger partial charge in [0.15, 0.2) is 5.78 Å². The summed E-state index contributed by atoms with van der Waals surface area (Å²) in [5.41, 5.74) is 3.19. The van der Waals surface area contributed by atoms with Gasteiger partial charge in [-0.05, 0) is 43.3 Å². The quantitative estimate of drug-likeness (QED) is 0.483. The summed E-state index contributed by atoms with van der Waals surface area (Å²) < 4.78 is 0. The van der Waals surface area contributed by atoms with Gasteiger partial charge in [-0.2, -0.15) is 0 Å². The van der Waals surface area contributed by atoms with Gasteiger partial charge in [0.2, 0.25) is 0 Å². The first-order valence-corrected chi connectivity index (χ1v) is 9.09. The molecule has 0 saturated heterocycles. The molecule has 0 atom stereocenters. The highest BCUT2D eigenvalue weighted by molar-refractivity contribution is 6.05. The molecule has 0 aliphatic rings. The molecule has 6 heteroatoms. The molecule has 1 amide bonds. The number of aromatic nitrogens is 2. The molecule has 6 nitrogen and oxygen atoms in total. The van der Waals surface area contributed by atoms with Crippen LogP contribution in [0.3, 0.4) is 0 Å². The number of benzene rings is 2. The maximum atomic E-state index is 12.6. The zero-order chi connectivity index (χ0) is 20.2. The Morgan fingerprint density at radius 1 is 0.828 bits per heavy atom. The van der Waals surface area contributed by atoms with E-state index in [1.54, 1.807) is 48.8 Å². The molecule has 0 saturated carbocycles. The fourth-order valence-corrected chi connectivity index (χ4v) is 3.00. The van der Waals surface area contributed by atoms with Gasteiger partial charge in [0.05, 0.1) is 11.2 Å². The van der Waals surface area contributed by atoms with Crippen LogP contribution in [0.2, 0.25) is 0 Å². The number of ketones is 1.